The SMILES string of the molecule is CC(=Nc1ccc([N+](=O)[O-])cc1[N+](=O)[O-])C(=O)O. The van der Waals surface area contributed by atoms with E-state index >= 15 is 0 Å². The molecule has 1 rings (SSSR count). The van der Waals surface area contributed by atoms with Gasteiger partial charge in [-0.25, -0.2) is 9.79 Å². The first-order valence-corrected chi connectivity index (χ1v) is 4.54. The van der Waals surface area contributed by atoms with Crippen molar-refractivity contribution in [1.82, 2.24) is 0 Å². The fourth-order valence-electron chi connectivity index (χ4n) is 1.09. The van der Waals surface area contributed by atoms with E-state index in [1.165, 1.54) is 0 Å². The summed E-state index contributed by atoms with van der Waals surface area (Å²) < 4.78 is 0. The molecule has 1 N–H and O–H groups in total. The van der Waals surface area contributed by atoms with Crippen LogP contribution in [0.5, 0.6) is 0 Å². The van der Waals surface area contributed by atoms with Crippen molar-refractivity contribution in [1.29, 1.82) is 0 Å². The van der Waals surface area contributed by atoms with E-state index in [9.17, 15) is 25.0 Å². The summed E-state index contributed by atoms with van der Waals surface area (Å²) in [6, 6.07) is 2.78. The Bertz CT molecular complexity index is 565. The lowest BCUT2D eigenvalue weighted by molar-refractivity contribution is -0.393. The van der Waals surface area contributed by atoms with Crippen molar-refractivity contribution in [3.63, 3.8) is 0 Å². The molecule has 94 valence electrons. The highest BCUT2D eigenvalue weighted by Crippen LogP contribution is 2.31. The van der Waals surface area contributed by atoms with Crippen LogP contribution in [0.25, 0.3) is 0 Å². The number of aliphatic carboxylic acids is 1. The van der Waals surface area contributed by atoms with Gasteiger partial charge >= 0.3 is 11.7 Å². The summed E-state index contributed by atoms with van der Waals surface area (Å²) in [6.07, 6.45) is 0. The number of nitrogens with zero attached hydrogens (tertiary/aromatic N) is 3. The molecule has 0 radical (unpaired) electrons. The monoisotopic (exact) mass is 253 g/mol. The van der Waals surface area contributed by atoms with E-state index in [0.29, 0.717) is 0 Å². The van der Waals surface area contributed by atoms with Crippen molar-refractivity contribution in [3.8, 4) is 0 Å². The molecule has 0 heterocycles. The molecule has 18 heavy (non-hydrogen) atoms. The van der Waals surface area contributed by atoms with Crippen LogP contribution in [-0.2, 0) is 4.79 Å². The summed E-state index contributed by atoms with van der Waals surface area (Å²) in [4.78, 5) is 33.6. The summed E-state index contributed by atoms with van der Waals surface area (Å²) in [6.45, 7) is 1.16. The molecule has 0 fully saturated rings. The number of carbonyl (C=O) groups is 1. The Morgan fingerprint density at radius 3 is 2.33 bits per heavy atom. The molecule has 0 atom stereocenters. The van der Waals surface area contributed by atoms with Gasteiger partial charge in [-0.3, -0.25) is 20.2 Å². The van der Waals surface area contributed by atoms with E-state index < -0.39 is 27.2 Å². The van der Waals surface area contributed by atoms with Crippen molar-refractivity contribution in [2.45, 2.75) is 6.92 Å². The molecule has 1 aromatic rings. The summed E-state index contributed by atoms with van der Waals surface area (Å²) in [5.41, 5.74) is -1.68. The zero-order valence-electron chi connectivity index (χ0n) is 9.06. The van der Waals surface area contributed by atoms with Crippen molar-refractivity contribution >= 4 is 28.7 Å². The van der Waals surface area contributed by atoms with Crippen LogP contribution in [0.4, 0.5) is 17.1 Å². The molecule has 0 spiro atoms. The van der Waals surface area contributed by atoms with Crippen LogP contribution < -0.4 is 0 Å². The third kappa shape index (κ3) is 2.84. The maximum Gasteiger partial charge on any atom is 0.349 e. The fourth-order valence-corrected chi connectivity index (χ4v) is 1.09. The maximum atomic E-state index is 10.7. The number of carboxylic acid groups (broad SMARTS) is 1. The van der Waals surface area contributed by atoms with E-state index in [0.717, 1.165) is 25.1 Å². The predicted molar refractivity (Wildman–Crippen MR) is 60.2 cm³/mol. The number of carboxylic acids is 1. The quantitative estimate of drug-likeness (QED) is 0.492. The number of nitro groups is 2. The first-order chi connectivity index (χ1) is 8.32. The largest absolute Gasteiger partial charge is 0.477 e. The zero-order chi connectivity index (χ0) is 13.9. The lowest BCUT2D eigenvalue weighted by Gasteiger charge is -1.98. The molecule has 0 bridgehead atoms. The smallest absolute Gasteiger partial charge is 0.349 e. The molecule has 0 aliphatic heterocycles. The van der Waals surface area contributed by atoms with E-state index in [-0.39, 0.29) is 11.4 Å². The minimum atomic E-state index is -1.33. The fraction of sp³-hybridized carbons (Fsp3) is 0.111. The molecule has 1 aromatic carbocycles. The summed E-state index contributed by atoms with van der Waals surface area (Å²) >= 11 is 0. The minimum absolute atomic E-state index is 0.245. The van der Waals surface area contributed by atoms with Gasteiger partial charge in [-0.1, -0.05) is 0 Å². The molecule has 0 aliphatic carbocycles. The van der Waals surface area contributed by atoms with Gasteiger partial charge in [0.15, 0.2) is 0 Å². The van der Waals surface area contributed by atoms with Crippen LogP contribution in [-0.4, -0.2) is 26.6 Å². The Balaban J connectivity index is 3.37. The lowest BCUT2D eigenvalue weighted by Crippen LogP contribution is -2.07. The number of hydrogen-bond donors (Lipinski definition) is 1. The average molecular weight is 253 g/mol. The second-order valence-electron chi connectivity index (χ2n) is 3.19. The molecular formula is C9H7N3O6. The topological polar surface area (TPSA) is 136 Å². The molecule has 0 saturated carbocycles. The maximum absolute atomic E-state index is 10.7. The third-order valence-corrected chi connectivity index (χ3v) is 1.96. The summed E-state index contributed by atoms with van der Waals surface area (Å²) in [5, 5.41) is 29.8. The highest BCUT2D eigenvalue weighted by atomic mass is 16.6. The van der Waals surface area contributed by atoms with Crippen molar-refractivity contribution in [2.24, 2.45) is 4.99 Å². The Labute approximate surface area is 99.7 Å². The molecular weight excluding hydrogens is 246 g/mol. The summed E-state index contributed by atoms with van der Waals surface area (Å²) in [5.74, 6) is -1.33. The highest BCUT2D eigenvalue weighted by Gasteiger charge is 2.19. The predicted octanol–water partition coefficient (Wildman–Crippen LogP) is 1.68. The van der Waals surface area contributed by atoms with Gasteiger partial charge in [0.05, 0.1) is 15.9 Å². The summed E-state index contributed by atoms with van der Waals surface area (Å²) in [7, 11) is 0. The van der Waals surface area contributed by atoms with Crippen LogP contribution >= 0.6 is 0 Å². The van der Waals surface area contributed by atoms with Crippen LogP contribution in [0.3, 0.4) is 0 Å². The number of aliphatic imine (C=N–C) groups is 1. The van der Waals surface area contributed by atoms with Crippen LogP contribution in [0.1, 0.15) is 6.92 Å². The van der Waals surface area contributed by atoms with Gasteiger partial charge in [0.2, 0.25) is 0 Å². The Morgan fingerprint density at radius 1 is 1.28 bits per heavy atom. The van der Waals surface area contributed by atoms with E-state index in [4.69, 9.17) is 5.11 Å². The van der Waals surface area contributed by atoms with Gasteiger partial charge in [-0.05, 0) is 13.0 Å². The van der Waals surface area contributed by atoms with E-state index in [2.05, 4.69) is 4.99 Å². The van der Waals surface area contributed by atoms with Crippen molar-refractivity contribution < 1.29 is 19.7 Å². The van der Waals surface area contributed by atoms with Crippen LogP contribution in [0.15, 0.2) is 23.2 Å². The number of non-ortho nitro benzene ring substituents is 1. The molecule has 9 heteroatoms. The van der Waals surface area contributed by atoms with Crippen molar-refractivity contribution in [2.75, 3.05) is 0 Å². The number of hydrogen-bond acceptors (Lipinski definition) is 6. The molecule has 0 amide bonds. The lowest BCUT2D eigenvalue weighted by atomic mass is 10.2. The molecule has 9 nitrogen and oxygen atoms in total. The molecule has 0 saturated heterocycles. The van der Waals surface area contributed by atoms with E-state index in [1.54, 1.807) is 0 Å². The van der Waals surface area contributed by atoms with Gasteiger partial charge in [-0.2, -0.15) is 0 Å². The molecule has 0 unspecified atom stereocenters. The standard InChI is InChI=1S/C9H7N3O6/c1-5(9(13)14)10-7-3-2-6(11(15)16)4-8(7)12(17)18/h2-4H,1H3,(H,13,14). The minimum Gasteiger partial charge on any atom is -0.477 e. The average Bonchev–Trinajstić information content (AvgIpc) is 2.28. The van der Waals surface area contributed by atoms with Crippen molar-refractivity contribution in [3.05, 3.63) is 38.4 Å². The zero-order valence-corrected chi connectivity index (χ0v) is 9.06. The number of benzene rings is 1. The van der Waals surface area contributed by atoms with E-state index in [1.807, 2.05) is 0 Å². The number of nitro benzene ring substituents is 2. The normalized spacial score (nSPS) is 11.1. The molecule has 0 aliphatic rings. The van der Waals surface area contributed by atoms with Gasteiger partial charge in [0.25, 0.3) is 5.69 Å². The third-order valence-electron chi connectivity index (χ3n) is 1.96. The molecule has 0 aromatic heterocycles. The Kier molecular flexibility index (Phi) is 3.67. The second kappa shape index (κ2) is 4.99. The Hall–Kier alpha value is -2.84. The number of rotatable bonds is 4. The van der Waals surface area contributed by atoms with Gasteiger partial charge in [0.1, 0.15) is 11.4 Å². The van der Waals surface area contributed by atoms with Gasteiger partial charge in [0, 0.05) is 6.07 Å². The first-order valence-electron chi connectivity index (χ1n) is 4.54. The van der Waals surface area contributed by atoms with Crippen LogP contribution in [0.2, 0.25) is 0 Å². The Morgan fingerprint density at radius 2 is 1.89 bits per heavy atom. The van der Waals surface area contributed by atoms with Crippen LogP contribution in [0, 0.1) is 20.2 Å². The first kappa shape index (κ1) is 13.2. The van der Waals surface area contributed by atoms with Gasteiger partial charge in [-0.15, -0.1) is 0 Å². The highest BCUT2D eigenvalue weighted by molar-refractivity contribution is 6.35. The second-order valence-corrected chi connectivity index (χ2v) is 3.19. The van der Waals surface area contributed by atoms with Gasteiger partial charge < -0.3 is 5.11 Å².